The van der Waals surface area contributed by atoms with Crippen molar-refractivity contribution in [3.8, 4) is 5.75 Å². The van der Waals surface area contributed by atoms with E-state index in [0.717, 1.165) is 17.7 Å². The van der Waals surface area contributed by atoms with Crippen LogP contribution in [0.1, 0.15) is 15.9 Å². The first-order valence-corrected chi connectivity index (χ1v) is 7.26. The van der Waals surface area contributed by atoms with Gasteiger partial charge in [0.1, 0.15) is 5.75 Å². The molecule has 0 amide bonds. The molecular formula is C19H16O5. The monoisotopic (exact) mass is 324 g/mol. The Hall–Kier alpha value is -3.21. The number of hydrogen-bond acceptors (Lipinski definition) is 5. The minimum absolute atomic E-state index is 0.313. The van der Waals surface area contributed by atoms with Gasteiger partial charge in [-0.25, -0.2) is 9.59 Å². The van der Waals surface area contributed by atoms with Crippen LogP contribution in [0.15, 0.2) is 66.7 Å². The van der Waals surface area contributed by atoms with Crippen LogP contribution >= 0.6 is 0 Å². The summed E-state index contributed by atoms with van der Waals surface area (Å²) in [6, 6.07) is 15.4. The molecule has 2 rings (SSSR count). The van der Waals surface area contributed by atoms with Crippen LogP contribution in [0, 0.1) is 6.92 Å². The molecular weight excluding hydrogens is 308 g/mol. The lowest BCUT2D eigenvalue weighted by Crippen LogP contribution is -2.13. The summed E-state index contributed by atoms with van der Waals surface area (Å²) < 4.78 is 9.79. The molecule has 0 saturated carbocycles. The van der Waals surface area contributed by atoms with Crippen molar-refractivity contribution in [3.63, 3.8) is 0 Å². The number of para-hydroxylation sites is 1. The van der Waals surface area contributed by atoms with Gasteiger partial charge in [-0.3, -0.25) is 4.79 Å². The maximum Gasteiger partial charge on any atom is 0.336 e. The normalized spacial score (nSPS) is 10.4. The maximum atomic E-state index is 11.9. The van der Waals surface area contributed by atoms with Crippen LogP contribution in [0.2, 0.25) is 0 Å². The van der Waals surface area contributed by atoms with Crippen LogP contribution in [0.25, 0.3) is 0 Å². The molecule has 2 aromatic rings. The summed E-state index contributed by atoms with van der Waals surface area (Å²) in [7, 11) is 0. The summed E-state index contributed by atoms with van der Waals surface area (Å²) in [6.45, 7) is 1.48. The number of ketones is 1. The predicted molar refractivity (Wildman–Crippen MR) is 87.7 cm³/mol. The SMILES string of the molecule is Cc1cccc(C(=O)COC(=O)/C=C/C(=O)Oc2ccccc2)c1. The van der Waals surface area contributed by atoms with Gasteiger partial charge in [0.25, 0.3) is 0 Å². The quantitative estimate of drug-likeness (QED) is 0.354. The first-order valence-electron chi connectivity index (χ1n) is 7.26. The summed E-state index contributed by atoms with van der Waals surface area (Å²) in [4.78, 5) is 35.0. The molecule has 0 heterocycles. The van der Waals surface area contributed by atoms with E-state index in [-0.39, 0.29) is 12.4 Å². The topological polar surface area (TPSA) is 69.7 Å². The van der Waals surface area contributed by atoms with E-state index in [1.807, 2.05) is 13.0 Å². The summed E-state index contributed by atoms with van der Waals surface area (Å²) >= 11 is 0. The number of Topliss-reactive ketones (excluding diaryl/α,β-unsaturated/α-hetero) is 1. The number of esters is 2. The Kier molecular flexibility index (Phi) is 6.02. The van der Waals surface area contributed by atoms with Crippen molar-refractivity contribution in [2.45, 2.75) is 6.92 Å². The highest BCUT2D eigenvalue weighted by Crippen LogP contribution is 2.08. The zero-order valence-corrected chi connectivity index (χ0v) is 13.1. The standard InChI is InChI=1S/C19H16O5/c1-14-6-5-7-15(12-14)17(20)13-23-18(21)10-11-19(22)24-16-8-3-2-4-9-16/h2-12H,13H2,1H3/b11-10+. The van der Waals surface area contributed by atoms with Crippen LogP contribution < -0.4 is 4.74 Å². The maximum absolute atomic E-state index is 11.9. The molecule has 5 heteroatoms. The molecule has 122 valence electrons. The van der Waals surface area contributed by atoms with Crippen LogP contribution in [-0.4, -0.2) is 24.3 Å². The molecule has 0 atom stereocenters. The number of rotatable bonds is 6. The first-order chi connectivity index (χ1) is 11.5. The van der Waals surface area contributed by atoms with E-state index < -0.39 is 11.9 Å². The van der Waals surface area contributed by atoms with E-state index in [9.17, 15) is 14.4 Å². The highest BCUT2D eigenvalue weighted by molar-refractivity contribution is 5.99. The molecule has 24 heavy (non-hydrogen) atoms. The molecule has 0 saturated heterocycles. The molecule has 0 fully saturated rings. The third kappa shape index (κ3) is 5.53. The minimum atomic E-state index is -0.791. The molecule has 2 aromatic carbocycles. The average Bonchev–Trinajstić information content (AvgIpc) is 2.58. The third-order valence-electron chi connectivity index (χ3n) is 3.00. The van der Waals surface area contributed by atoms with Gasteiger partial charge in [0, 0.05) is 17.7 Å². The largest absolute Gasteiger partial charge is 0.454 e. The number of hydrogen-bond donors (Lipinski definition) is 0. The molecule has 0 N–H and O–H groups in total. The Bertz CT molecular complexity index is 762. The van der Waals surface area contributed by atoms with Crippen molar-refractivity contribution in [2.24, 2.45) is 0 Å². The van der Waals surface area contributed by atoms with Crippen LogP contribution in [0.3, 0.4) is 0 Å². The lowest BCUT2D eigenvalue weighted by atomic mass is 10.1. The van der Waals surface area contributed by atoms with E-state index in [2.05, 4.69) is 0 Å². The van der Waals surface area contributed by atoms with Gasteiger partial charge in [-0.05, 0) is 25.1 Å². The van der Waals surface area contributed by atoms with E-state index in [0.29, 0.717) is 11.3 Å². The number of carbonyl (C=O) groups is 3. The summed E-state index contributed by atoms with van der Waals surface area (Å²) in [5, 5.41) is 0. The van der Waals surface area contributed by atoms with Crippen LogP contribution in [-0.2, 0) is 14.3 Å². The van der Waals surface area contributed by atoms with Crippen molar-refractivity contribution >= 4 is 17.7 Å². The Labute approximate surface area is 139 Å². The van der Waals surface area contributed by atoms with Gasteiger partial charge >= 0.3 is 11.9 Å². The molecule has 5 nitrogen and oxygen atoms in total. The van der Waals surface area contributed by atoms with Gasteiger partial charge in [0.2, 0.25) is 0 Å². The highest BCUT2D eigenvalue weighted by Gasteiger charge is 2.09. The van der Waals surface area contributed by atoms with Gasteiger partial charge in [0.05, 0.1) is 0 Å². The van der Waals surface area contributed by atoms with Gasteiger partial charge in [0.15, 0.2) is 12.4 Å². The second-order valence-electron chi connectivity index (χ2n) is 4.97. The minimum Gasteiger partial charge on any atom is -0.454 e. The van der Waals surface area contributed by atoms with Gasteiger partial charge in [-0.2, -0.15) is 0 Å². The fraction of sp³-hybridized carbons (Fsp3) is 0.105. The van der Waals surface area contributed by atoms with Crippen molar-refractivity contribution in [2.75, 3.05) is 6.61 Å². The molecule has 0 aromatic heterocycles. The lowest BCUT2D eigenvalue weighted by molar-refractivity contribution is -0.137. The van der Waals surface area contributed by atoms with Gasteiger partial charge in [-0.1, -0.05) is 42.0 Å². The van der Waals surface area contributed by atoms with Crippen molar-refractivity contribution in [3.05, 3.63) is 77.9 Å². The van der Waals surface area contributed by atoms with Gasteiger partial charge < -0.3 is 9.47 Å². The Morgan fingerprint density at radius 2 is 1.62 bits per heavy atom. The van der Waals surface area contributed by atoms with Crippen molar-refractivity contribution < 1.29 is 23.9 Å². The zero-order chi connectivity index (χ0) is 17.4. The molecule has 0 radical (unpaired) electrons. The average molecular weight is 324 g/mol. The Morgan fingerprint density at radius 1 is 0.917 bits per heavy atom. The van der Waals surface area contributed by atoms with E-state index in [4.69, 9.17) is 9.47 Å². The molecule has 0 aliphatic rings. The lowest BCUT2D eigenvalue weighted by Gasteiger charge is -2.03. The summed E-state index contributed by atoms with van der Waals surface area (Å²) in [5.74, 6) is -1.44. The Balaban J connectivity index is 1.80. The van der Waals surface area contributed by atoms with Crippen LogP contribution in [0.4, 0.5) is 0 Å². The van der Waals surface area contributed by atoms with E-state index in [1.165, 1.54) is 0 Å². The second-order valence-corrected chi connectivity index (χ2v) is 4.97. The molecule has 0 aliphatic carbocycles. The number of ether oxygens (including phenoxy) is 2. The van der Waals surface area contributed by atoms with E-state index >= 15 is 0 Å². The smallest absolute Gasteiger partial charge is 0.336 e. The number of benzene rings is 2. The number of aryl methyl sites for hydroxylation is 1. The fourth-order valence-electron chi connectivity index (χ4n) is 1.86. The zero-order valence-electron chi connectivity index (χ0n) is 13.1. The fourth-order valence-corrected chi connectivity index (χ4v) is 1.86. The third-order valence-corrected chi connectivity index (χ3v) is 3.00. The molecule has 0 unspecified atom stereocenters. The molecule has 0 spiro atoms. The molecule has 0 bridgehead atoms. The second kappa shape index (κ2) is 8.43. The molecule has 0 aliphatic heterocycles. The Morgan fingerprint density at radius 3 is 2.33 bits per heavy atom. The van der Waals surface area contributed by atoms with Crippen molar-refractivity contribution in [1.29, 1.82) is 0 Å². The van der Waals surface area contributed by atoms with Crippen molar-refractivity contribution in [1.82, 2.24) is 0 Å². The number of carbonyl (C=O) groups excluding carboxylic acids is 3. The summed E-state index contributed by atoms with van der Waals surface area (Å²) in [6.07, 6.45) is 1.88. The summed E-state index contributed by atoms with van der Waals surface area (Å²) in [5.41, 5.74) is 1.41. The van der Waals surface area contributed by atoms with Crippen LogP contribution in [0.5, 0.6) is 5.75 Å². The predicted octanol–water partition coefficient (Wildman–Crippen LogP) is 2.88. The van der Waals surface area contributed by atoms with Gasteiger partial charge in [-0.15, -0.1) is 0 Å². The first kappa shape index (κ1) is 17.1. The van der Waals surface area contributed by atoms with E-state index in [1.54, 1.807) is 48.5 Å². The highest BCUT2D eigenvalue weighted by atomic mass is 16.5.